The molecule has 1 saturated heterocycles. The molecule has 0 radical (unpaired) electrons. The Labute approximate surface area is 144 Å². The first-order chi connectivity index (χ1) is 11.5. The number of amides is 1. The Morgan fingerprint density at radius 2 is 2.00 bits per heavy atom. The molecule has 1 aliphatic heterocycles. The monoisotopic (exact) mass is 335 g/mol. The van der Waals surface area contributed by atoms with E-state index in [1.54, 1.807) is 6.07 Å². The second-order valence-electron chi connectivity index (χ2n) is 6.55. The zero-order valence-corrected chi connectivity index (χ0v) is 14.9. The summed E-state index contributed by atoms with van der Waals surface area (Å²) in [5, 5.41) is 2.93. The van der Waals surface area contributed by atoms with Crippen molar-refractivity contribution in [3.8, 4) is 11.5 Å². The maximum Gasteiger partial charge on any atom is 0.238 e. The van der Waals surface area contributed by atoms with Gasteiger partial charge in [0.25, 0.3) is 0 Å². The summed E-state index contributed by atoms with van der Waals surface area (Å²) in [7, 11) is 0. The van der Waals surface area contributed by atoms with E-state index in [1.165, 1.54) is 0 Å². The smallest absolute Gasteiger partial charge is 0.238 e. The van der Waals surface area contributed by atoms with Crippen molar-refractivity contribution in [2.24, 2.45) is 11.1 Å². The number of hydrogen-bond donors (Lipinski definition) is 2. The molecule has 134 valence electrons. The second-order valence-corrected chi connectivity index (χ2v) is 6.55. The molecule has 1 aromatic carbocycles. The summed E-state index contributed by atoms with van der Waals surface area (Å²) in [4.78, 5) is 14.4. The van der Waals surface area contributed by atoms with Crippen molar-refractivity contribution in [1.82, 2.24) is 4.90 Å². The lowest BCUT2D eigenvalue weighted by Gasteiger charge is -2.22. The molecule has 0 spiro atoms. The van der Waals surface area contributed by atoms with E-state index in [0.29, 0.717) is 43.5 Å². The summed E-state index contributed by atoms with van der Waals surface area (Å²) >= 11 is 0. The van der Waals surface area contributed by atoms with Gasteiger partial charge in [0, 0.05) is 18.3 Å². The molecule has 0 saturated carbocycles. The molecule has 0 aromatic heterocycles. The van der Waals surface area contributed by atoms with Crippen LogP contribution in [0.25, 0.3) is 0 Å². The van der Waals surface area contributed by atoms with Crippen molar-refractivity contribution in [3.05, 3.63) is 18.2 Å². The third-order valence-corrected chi connectivity index (χ3v) is 4.32. The fraction of sp³-hybridized carbons (Fsp3) is 0.611. The highest BCUT2D eigenvalue weighted by atomic mass is 16.5. The predicted molar refractivity (Wildman–Crippen MR) is 95.6 cm³/mol. The Hall–Kier alpha value is -1.79. The predicted octanol–water partition coefficient (Wildman–Crippen LogP) is 2.09. The molecular formula is C18H29N3O3. The van der Waals surface area contributed by atoms with Gasteiger partial charge in [-0.25, -0.2) is 0 Å². The van der Waals surface area contributed by atoms with Crippen LogP contribution >= 0.6 is 0 Å². The van der Waals surface area contributed by atoms with Gasteiger partial charge in [-0.05, 0) is 50.9 Å². The van der Waals surface area contributed by atoms with Gasteiger partial charge in [0.1, 0.15) is 0 Å². The molecule has 1 amide bonds. The average molecular weight is 335 g/mol. The molecule has 6 nitrogen and oxygen atoms in total. The maximum absolute atomic E-state index is 12.3. The van der Waals surface area contributed by atoms with Gasteiger partial charge in [0.05, 0.1) is 19.8 Å². The standard InChI is InChI=1S/C18H29N3O3/c1-4-23-15-7-6-14(10-16(15)24-5-2)20-17(22)11-21-9-8-18(3,12-19)13-21/h6-7,10H,4-5,8-9,11-13,19H2,1-3H3,(H,20,22). The molecule has 1 aliphatic rings. The van der Waals surface area contributed by atoms with Crippen molar-refractivity contribution in [2.45, 2.75) is 27.2 Å². The summed E-state index contributed by atoms with van der Waals surface area (Å²) in [5.41, 5.74) is 6.66. The third-order valence-electron chi connectivity index (χ3n) is 4.32. The SMILES string of the molecule is CCOc1ccc(NC(=O)CN2CCC(C)(CN)C2)cc1OCC. The number of nitrogens with one attached hydrogen (secondary N) is 1. The Kier molecular flexibility index (Phi) is 6.45. The number of hydrogen-bond acceptors (Lipinski definition) is 5. The average Bonchev–Trinajstić information content (AvgIpc) is 2.92. The Morgan fingerprint density at radius 3 is 2.62 bits per heavy atom. The van der Waals surface area contributed by atoms with Gasteiger partial charge in [0.2, 0.25) is 5.91 Å². The van der Waals surface area contributed by atoms with Crippen LogP contribution in [0.5, 0.6) is 11.5 Å². The number of carbonyl (C=O) groups excluding carboxylic acids is 1. The first kappa shape index (κ1) is 18.5. The maximum atomic E-state index is 12.3. The van der Waals surface area contributed by atoms with E-state index in [9.17, 15) is 4.79 Å². The van der Waals surface area contributed by atoms with Gasteiger partial charge >= 0.3 is 0 Å². The fourth-order valence-corrected chi connectivity index (χ4v) is 2.96. The molecule has 1 fully saturated rings. The molecule has 1 atom stereocenters. The van der Waals surface area contributed by atoms with Crippen LogP contribution in [0.3, 0.4) is 0 Å². The number of anilines is 1. The minimum atomic E-state index is -0.0251. The van der Waals surface area contributed by atoms with Gasteiger partial charge in [-0.1, -0.05) is 6.92 Å². The normalized spacial score (nSPS) is 20.8. The molecule has 6 heteroatoms. The number of benzene rings is 1. The first-order valence-corrected chi connectivity index (χ1v) is 8.61. The van der Waals surface area contributed by atoms with Crippen LogP contribution in [0.1, 0.15) is 27.2 Å². The lowest BCUT2D eigenvalue weighted by Crippen LogP contribution is -2.35. The summed E-state index contributed by atoms with van der Waals surface area (Å²) in [6.45, 7) is 9.95. The van der Waals surface area contributed by atoms with Crippen molar-refractivity contribution < 1.29 is 14.3 Å². The van der Waals surface area contributed by atoms with E-state index in [1.807, 2.05) is 26.0 Å². The van der Waals surface area contributed by atoms with E-state index in [0.717, 1.165) is 19.5 Å². The van der Waals surface area contributed by atoms with E-state index in [2.05, 4.69) is 17.1 Å². The van der Waals surface area contributed by atoms with Gasteiger partial charge < -0.3 is 20.5 Å². The molecule has 0 aliphatic carbocycles. The highest BCUT2D eigenvalue weighted by Crippen LogP contribution is 2.31. The van der Waals surface area contributed by atoms with Crippen LogP contribution < -0.4 is 20.5 Å². The summed E-state index contributed by atoms with van der Waals surface area (Å²) in [6, 6.07) is 5.46. The largest absolute Gasteiger partial charge is 0.490 e. The van der Waals surface area contributed by atoms with Gasteiger partial charge in [-0.15, -0.1) is 0 Å². The number of nitrogens with zero attached hydrogens (tertiary/aromatic N) is 1. The van der Waals surface area contributed by atoms with E-state index in [4.69, 9.17) is 15.2 Å². The van der Waals surface area contributed by atoms with E-state index < -0.39 is 0 Å². The fourth-order valence-electron chi connectivity index (χ4n) is 2.96. The van der Waals surface area contributed by atoms with Crippen LogP contribution in [0.2, 0.25) is 0 Å². The Bertz CT molecular complexity index is 564. The lowest BCUT2D eigenvalue weighted by molar-refractivity contribution is -0.117. The van der Waals surface area contributed by atoms with Crippen molar-refractivity contribution >= 4 is 11.6 Å². The Morgan fingerprint density at radius 1 is 1.29 bits per heavy atom. The topological polar surface area (TPSA) is 76.8 Å². The van der Waals surface area contributed by atoms with Crippen LogP contribution in [0.4, 0.5) is 5.69 Å². The van der Waals surface area contributed by atoms with Crippen molar-refractivity contribution in [2.75, 3.05) is 44.7 Å². The molecule has 0 bridgehead atoms. The first-order valence-electron chi connectivity index (χ1n) is 8.61. The zero-order chi connectivity index (χ0) is 17.6. The van der Waals surface area contributed by atoms with Crippen LogP contribution in [0, 0.1) is 5.41 Å². The molecule has 1 heterocycles. The molecule has 1 unspecified atom stereocenters. The summed E-state index contributed by atoms with van der Waals surface area (Å²) in [6.07, 6.45) is 1.04. The molecular weight excluding hydrogens is 306 g/mol. The molecule has 24 heavy (non-hydrogen) atoms. The number of rotatable bonds is 8. The van der Waals surface area contributed by atoms with Crippen molar-refractivity contribution in [3.63, 3.8) is 0 Å². The van der Waals surface area contributed by atoms with E-state index in [-0.39, 0.29) is 11.3 Å². The molecule has 2 rings (SSSR count). The number of ether oxygens (including phenoxy) is 2. The van der Waals surface area contributed by atoms with Crippen LogP contribution in [-0.2, 0) is 4.79 Å². The zero-order valence-electron chi connectivity index (χ0n) is 14.9. The van der Waals surface area contributed by atoms with Crippen LogP contribution in [0.15, 0.2) is 18.2 Å². The Balaban J connectivity index is 1.95. The van der Waals surface area contributed by atoms with Crippen LogP contribution in [-0.4, -0.2) is 50.2 Å². The van der Waals surface area contributed by atoms with Gasteiger partial charge in [-0.3, -0.25) is 9.69 Å². The summed E-state index contributed by atoms with van der Waals surface area (Å²) < 4.78 is 11.1. The quantitative estimate of drug-likeness (QED) is 0.761. The van der Waals surface area contributed by atoms with Gasteiger partial charge in [0.15, 0.2) is 11.5 Å². The molecule has 3 N–H and O–H groups in total. The second kappa shape index (κ2) is 8.35. The van der Waals surface area contributed by atoms with E-state index >= 15 is 0 Å². The number of likely N-dealkylation sites (tertiary alicyclic amines) is 1. The van der Waals surface area contributed by atoms with Gasteiger partial charge in [-0.2, -0.15) is 0 Å². The minimum Gasteiger partial charge on any atom is -0.490 e. The lowest BCUT2D eigenvalue weighted by atomic mass is 9.90. The third kappa shape index (κ3) is 4.85. The molecule has 1 aromatic rings. The number of carbonyl (C=O) groups is 1. The highest BCUT2D eigenvalue weighted by Gasteiger charge is 2.33. The minimum absolute atomic E-state index is 0.0251. The van der Waals surface area contributed by atoms with Crippen molar-refractivity contribution in [1.29, 1.82) is 0 Å². The number of nitrogens with two attached hydrogens (primary N) is 1. The summed E-state index contributed by atoms with van der Waals surface area (Å²) in [5.74, 6) is 1.31. The highest BCUT2D eigenvalue weighted by molar-refractivity contribution is 5.92.